The normalized spacial score (nSPS) is 31.8. The van der Waals surface area contributed by atoms with Gasteiger partial charge in [0.2, 0.25) is 5.91 Å². The molecule has 0 radical (unpaired) electrons. The van der Waals surface area contributed by atoms with Crippen LogP contribution >= 0.6 is 0 Å². The first kappa shape index (κ1) is 21.6. The minimum absolute atomic E-state index is 0.213. The number of allylic oxidation sites excluding steroid dienone is 2. The Morgan fingerprint density at radius 2 is 2.00 bits per heavy atom. The number of hydrogen-bond acceptors (Lipinski definition) is 3. The Labute approximate surface area is 170 Å². The van der Waals surface area contributed by atoms with E-state index in [0.717, 1.165) is 64.2 Å². The molecule has 3 aliphatic rings. The molecular formula is C24H39NO3. The predicted octanol–water partition coefficient (Wildman–Crippen LogP) is 4.22. The lowest BCUT2D eigenvalue weighted by Gasteiger charge is -2.31. The van der Waals surface area contributed by atoms with E-state index in [9.17, 15) is 15.0 Å². The molecule has 0 spiro atoms. The topological polar surface area (TPSA) is 60.8 Å². The average molecular weight is 390 g/mol. The van der Waals surface area contributed by atoms with Crippen LogP contribution in [0.5, 0.6) is 0 Å². The van der Waals surface area contributed by atoms with Crippen molar-refractivity contribution in [2.75, 3.05) is 14.1 Å². The predicted molar refractivity (Wildman–Crippen MR) is 113 cm³/mol. The fourth-order valence-electron chi connectivity index (χ4n) is 5.50. The molecule has 3 rings (SSSR count). The molecule has 158 valence electrons. The quantitative estimate of drug-likeness (QED) is 0.483. The summed E-state index contributed by atoms with van der Waals surface area (Å²) in [6.07, 6.45) is 18.3. The Hall–Kier alpha value is -1.13. The zero-order chi connectivity index (χ0) is 20.1. The second kappa shape index (κ2) is 9.58. The van der Waals surface area contributed by atoms with Gasteiger partial charge in [-0.2, -0.15) is 0 Å². The Kier molecular flexibility index (Phi) is 7.38. The van der Waals surface area contributed by atoms with Gasteiger partial charge in [0.1, 0.15) is 0 Å². The number of aliphatic hydroxyl groups excluding tert-OH is 1. The van der Waals surface area contributed by atoms with Gasteiger partial charge in [0.05, 0.1) is 11.7 Å². The van der Waals surface area contributed by atoms with Crippen molar-refractivity contribution < 1.29 is 15.0 Å². The lowest BCUT2D eigenvalue weighted by atomic mass is 9.81. The van der Waals surface area contributed by atoms with Crippen LogP contribution in [0.3, 0.4) is 0 Å². The van der Waals surface area contributed by atoms with Crippen LogP contribution < -0.4 is 0 Å². The fourth-order valence-corrected chi connectivity index (χ4v) is 5.50. The smallest absolute Gasteiger partial charge is 0.222 e. The molecule has 3 aliphatic carbocycles. The molecule has 4 atom stereocenters. The van der Waals surface area contributed by atoms with Gasteiger partial charge in [-0.15, -0.1) is 0 Å². The molecule has 0 aromatic carbocycles. The number of carbonyl (C=O) groups excluding carboxylic acids is 1. The lowest BCUT2D eigenvalue weighted by Crippen LogP contribution is -2.30. The van der Waals surface area contributed by atoms with Crippen molar-refractivity contribution in [2.24, 2.45) is 17.8 Å². The summed E-state index contributed by atoms with van der Waals surface area (Å²) in [7, 11) is 3.63. The highest BCUT2D eigenvalue weighted by atomic mass is 16.3. The van der Waals surface area contributed by atoms with E-state index in [0.29, 0.717) is 18.3 Å². The van der Waals surface area contributed by atoms with Crippen molar-refractivity contribution in [3.05, 3.63) is 23.8 Å². The molecule has 0 saturated heterocycles. The number of unbranched alkanes of at least 4 members (excludes halogenated alkanes) is 1. The molecule has 1 amide bonds. The fraction of sp³-hybridized carbons (Fsp3) is 0.792. The summed E-state index contributed by atoms with van der Waals surface area (Å²) in [6.45, 7) is 0. The van der Waals surface area contributed by atoms with Gasteiger partial charge in [0.25, 0.3) is 0 Å². The summed E-state index contributed by atoms with van der Waals surface area (Å²) in [5, 5.41) is 21.2. The van der Waals surface area contributed by atoms with Crippen LogP contribution in [0.2, 0.25) is 0 Å². The highest BCUT2D eigenvalue weighted by molar-refractivity contribution is 5.75. The maximum Gasteiger partial charge on any atom is 0.222 e. The molecule has 0 aliphatic heterocycles. The summed E-state index contributed by atoms with van der Waals surface area (Å²) >= 11 is 0. The third-order valence-electron chi connectivity index (χ3n) is 7.23. The van der Waals surface area contributed by atoms with Crippen LogP contribution in [0, 0.1) is 17.8 Å². The van der Waals surface area contributed by atoms with E-state index in [1.54, 1.807) is 4.90 Å². The molecule has 2 fully saturated rings. The van der Waals surface area contributed by atoms with Crippen molar-refractivity contribution in [3.63, 3.8) is 0 Å². The molecule has 0 aromatic heterocycles. The number of fused-ring (bicyclic) bond motifs is 1. The summed E-state index contributed by atoms with van der Waals surface area (Å²) in [6, 6.07) is 0. The van der Waals surface area contributed by atoms with Gasteiger partial charge >= 0.3 is 0 Å². The van der Waals surface area contributed by atoms with E-state index in [4.69, 9.17) is 0 Å². The zero-order valence-electron chi connectivity index (χ0n) is 17.8. The first-order chi connectivity index (χ1) is 13.4. The Balaban J connectivity index is 1.44. The van der Waals surface area contributed by atoms with Crippen molar-refractivity contribution >= 4 is 5.91 Å². The minimum atomic E-state index is -0.513. The number of rotatable bonds is 8. The molecule has 4 heteroatoms. The lowest BCUT2D eigenvalue weighted by molar-refractivity contribution is -0.128. The van der Waals surface area contributed by atoms with Crippen LogP contribution in [0.4, 0.5) is 0 Å². The monoisotopic (exact) mass is 389 g/mol. The van der Waals surface area contributed by atoms with Gasteiger partial charge in [-0.05, 0) is 63.2 Å². The van der Waals surface area contributed by atoms with E-state index in [1.807, 2.05) is 14.1 Å². The Morgan fingerprint density at radius 3 is 2.71 bits per heavy atom. The number of amides is 1. The standard InChI is InChI=1S/C24H39NO3/c1-25(2)23(27)11-5-4-9-18-15-19-17-22(26)20(21(19)16-18)10-8-14-24(28)12-6-3-7-13-24/h8,10,15,19-22,26,28H,3-7,9,11-14,16-17H2,1-2H3/b10-8+/t19-,20+,21-,22+/m0/s1. The van der Waals surface area contributed by atoms with Gasteiger partial charge in [-0.3, -0.25) is 4.79 Å². The van der Waals surface area contributed by atoms with Gasteiger partial charge in [-0.1, -0.05) is 43.1 Å². The third-order valence-corrected chi connectivity index (χ3v) is 7.23. The maximum atomic E-state index is 11.7. The number of carbonyl (C=O) groups is 1. The minimum Gasteiger partial charge on any atom is -0.392 e. The van der Waals surface area contributed by atoms with Crippen molar-refractivity contribution in [1.82, 2.24) is 4.90 Å². The van der Waals surface area contributed by atoms with Crippen molar-refractivity contribution in [3.8, 4) is 0 Å². The third kappa shape index (κ3) is 5.48. The molecule has 2 N–H and O–H groups in total. The van der Waals surface area contributed by atoms with Crippen molar-refractivity contribution in [1.29, 1.82) is 0 Å². The number of aliphatic hydroxyl groups is 2. The second-order valence-electron chi connectivity index (χ2n) is 9.65. The average Bonchev–Trinajstić information content (AvgIpc) is 3.16. The van der Waals surface area contributed by atoms with Gasteiger partial charge < -0.3 is 15.1 Å². The highest BCUT2D eigenvalue weighted by Gasteiger charge is 2.43. The highest BCUT2D eigenvalue weighted by Crippen LogP contribution is 2.48. The molecule has 0 unspecified atom stereocenters. The Morgan fingerprint density at radius 1 is 1.25 bits per heavy atom. The molecule has 0 heterocycles. The summed E-state index contributed by atoms with van der Waals surface area (Å²) in [5.74, 6) is 1.46. The van der Waals surface area contributed by atoms with Crippen LogP contribution in [0.25, 0.3) is 0 Å². The van der Waals surface area contributed by atoms with Crippen LogP contribution in [0.15, 0.2) is 23.8 Å². The van der Waals surface area contributed by atoms with E-state index in [2.05, 4.69) is 18.2 Å². The molecule has 0 aromatic rings. The van der Waals surface area contributed by atoms with Crippen molar-refractivity contribution in [2.45, 2.75) is 88.8 Å². The van der Waals surface area contributed by atoms with Gasteiger partial charge in [-0.25, -0.2) is 0 Å². The summed E-state index contributed by atoms with van der Waals surface area (Å²) in [5.41, 5.74) is 1.00. The van der Waals surface area contributed by atoms with Crippen LogP contribution in [-0.2, 0) is 4.79 Å². The SMILES string of the molecule is CN(C)C(=O)CCCCC1=C[C@H]2C[C@@H](O)[C@H](/C=C/CC3(O)CCCCC3)[C@H]2C1. The van der Waals surface area contributed by atoms with Crippen LogP contribution in [0.1, 0.15) is 77.0 Å². The maximum absolute atomic E-state index is 11.7. The summed E-state index contributed by atoms with van der Waals surface area (Å²) < 4.78 is 0. The van der Waals surface area contributed by atoms with E-state index in [1.165, 1.54) is 12.0 Å². The molecule has 28 heavy (non-hydrogen) atoms. The first-order valence-corrected chi connectivity index (χ1v) is 11.3. The molecule has 4 nitrogen and oxygen atoms in total. The molecule has 2 saturated carbocycles. The van der Waals surface area contributed by atoms with E-state index >= 15 is 0 Å². The van der Waals surface area contributed by atoms with Crippen LogP contribution in [-0.4, -0.2) is 46.8 Å². The Bertz CT molecular complexity index is 589. The molecular weight excluding hydrogens is 350 g/mol. The first-order valence-electron chi connectivity index (χ1n) is 11.3. The largest absolute Gasteiger partial charge is 0.392 e. The van der Waals surface area contributed by atoms with E-state index in [-0.39, 0.29) is 17.9 Å². The summed E-state index contributed by atoms with van der Waals surface area (Å²) in [4.78, 5) is 13.3. The zero-order valence-corrected chi connectivity index (χ0v) is 17.8. The van der Waals surface area contributed by atoms with E-state index < -0.39 is 5.60 Å². The number of nitrogens with zero attached hydrogens (tertiary/aromatic N) is 1. The number of hydrogen-bond donors (Lipinski definition) is 2. The molecule has 0 bridgehead atoms. The van der Waals surface area contributed by atoms with Gasteiger partial charge in [0.15, 0.2) is 0 Å². The van der Waals surface area contributed by atoms with Gasteiger partial charge in [0, 0.05) is 26.4 Å². The second-order valence-corrected chi connectivity index (χ2v) is 9.65.